The molecule has 0 unspecified atom stereocenters. The molecule has 0 amide bonds. The van der Waals surface area contributed by atoms with Crippen LogP contribution in [-0.2, 0) is 0 Å². The normalized spacial score (nSPS) is 10.7. The molecule has 2 rings (SSSR count). The van der Waals surface area contributed by atoms with Gasteiger partial charge in [-0.15, -0.1) is 0 Å². The number of benzene rings is 1. The van der Waals surface area contributed by atoms with Crippen molar-refractivity contribution in [2.24, 2.45) is 0 Å². The van der Waals surface area contributed by atoms with E-state index in [1.165, 1.54) is 5.56 Å². The SMILES string of the molecule is Cc1cccc2nc(Cl)nc(C)c12. The second kappa shape index (κ2) is 2.96. The zero-order chi connectivity index (χ0) is 9.42. The third kappa shape index (κ3) is 1.38. The summed E-state index contributed by atoms with van der Waals surface area (Å²) in [5.41, 5.74) is 3.04. The van der Waals surface area contributed by atoms with Crippen molar-refractivity contribution >= 4 is 22.5 Å². The van der Waals surface area contributed by atoms with Crippen LogP contribution in [-0.4, -0.2) is 9.97 Å². The number of halogens is 1. The molecule has 0 fully saturated rings. The van der Waals surface area contributed by atoms with Gasteiger partial charge in [0.25, 0.3) is 0 Å². The summed E-state index contributed by atoms with van der Waals surface area (Å²) in [6.07, 6.45) is 0. The molecule has 0 radical (unpaired) electrons. The Bertz CT molecular complexity index is 466. The highest BCUT2D eigenvalue weighted by atomic mass is 35.5. The van der Waals surface area contributed by atoms with Crippen molar-refractivity contribution in [2.45, 2.75) is 13.8 Å². The van der Waals surface area contributed by atoms with Crippen molar-refractivity contribution in [3.63, 3.8) is 0 Å². The average Bonchev–Trinajstić information content (AvgIpc) is 2.02. The second-order valence-electron chi connectivity index (χ2n) is 3.05. The summed E-state index contributed by atoms with van der Waals surface area (Å²) in [4.78, 5) is 8.27. The van der Waals surface area contributed by atoms with Gasteiger partial charge in [-0.25, -0.2) is 9.97 Å². The molecule has 0 aliphatic heterocycles. The maximum absolute atomic E-state index is 5.75. The van der Waals surface area contributed by atoms with Crippen LogP contribution in [0.2, 0.25) is 5.28 Å². The fourth-order valence-corrected chi connectivity index (χ4v) is 1.75. The first-order valence-corrected chi connectivity index (χ1v) is 4.46. The van der Waals surface area contributed by atoms with E-state index in [9.17, 15) is 0 Å². The Morgan fingerprint density at radius 2 is 1.92 bits per heavy atom. The fraction of sp³-hybridized carbons (Fsp3) is 0.200. The number of hydrogen-bond donors (Lipinski definition) is 0. The van der Waals surface area contributed by atoms with Gasteiger partial charge in [-0.2, -0.15) is 0 Å². The highest BCUT2D eigenvalue weighted by molar-refractivity contribution is 6.28. The lowest BCUT2D eigenvalue weighted by Crippen LogP contribution is -1.91. The lowest BCUT2D eigenvalue weighted by atomic mass is 10.1. The van der Waals surface area contributed by atoms with Crippen molar-refractivity contribution in [3.05, 3.63) is 34.7 Å². The summed E-state index contributed by atoms with van der Waals surface area (Å²) in [5, 5.41) is 1.42. The first-order chi connectivity index (χ1) is 6.18. The van der Waals surface area contributed by atoms with Crippen LogP contribution in [0.3, 0.4) is 0 Å². The standard InChI is InChI=1S/C10H9ClN2/c1-6-4-3-5-8-9(6)7(2)12-10(11)13-8/h3-5H,1-2H3. The van der Waals surface area contributed by atoms with Crippen LogP contribution in [0.5, 0.6) is 0 Å². The van der Waals surface area contributed by atoms with E-state index in [0.29, 0.717) is 5.28 Å². The largest absolute Gasteiger partial charge is 0.223 e. The average molecular weight is 193 g/mol. The number of fused-ring (bicyclic) bond motifs is 1. The Kier molecular flexibility index (Phi) is 1.93. The second-order valence-corrected chi connectivity index (χ2v) is 3.39. The zero-order valence-corrected chi connectivity index (χ0v) is 8.26. The topological polar surface area (TPSA) is 25.8 Å². The van der Waals surface area contributed by atoms with Gasteiger partial charge in [-0.3, -0.25) is 0 Å². The summed E-state index contributed by atoms with van der Waals surface area (Å²) >= 11 is 5.75. The third-order valence-electron chi connectivity index (χ3n) is 2.09. The van der Waals surface area contributed by atoms with E-state index in [4.69, 9.17) is 11.6 Å². The molecule has 0 bridgehead atoms. The van der Waals surface area contributed by atoms with Gasteiger partial charge in [-0.05, 0) is 37.1 Å². The summed E-state index contributed by atoms with van der Waals surface area (Å²) in [5.74, 6) is 0. The third-order valence-corrected chi connectivity index (χ3v) is 2.25. The number of rotatable bonds is 0. The Morgan fingerprint density at radius 3 is 2.69 bits per heavy atom. The molecule has 0 saturated carbocycles. The molecule has 0 aliphatic rings. The highest BCUT2D eigenvalue weighted by Gasteiger charge is 2.03. The van der Waals surface area contributed by atoms with Gasteiger partial charge >= 0.3 is 0 Å². The summed E-state index contributed by atoms with van der Waals surface area (Å²) in [6, 6.07) is 5.97. The van der Waals surface area contributed by atoms with Crippen LogP contribution in [0.4, 0.5) is 0 Å². The van der Waals surface area contributed by atoms with Crippen molar-refractivity contribution in [3.8, 4) is 0 Å². The molecule has 66 valence electrons. The van der Waals surface area contributed by atoms with Crippen molar-refractivity contribution in [2.75, 3.05) is 0 Å². The van der Waals surface area contributed by atoms with Gasteiger partial charge in [0.05, 0.1) is 11.2 Å². The predicted molar refractivity (Wildman–Crippen MR) is 54.0 cm³/mol. The molecular formula is C10H9ClN2. The lowest BCUT2D eigenvalue weighted by molar-refractivity contribution is 1.15. The molecule has 13 heavy (non-hydrogen) atoms. The van der Waals surface area contributed by atoms with Crippen LogP contribution in [0.1, 0.15) is 11.3 Å². The minimum atomic E-state index is 0.315. The molecule has 2 aromatic rings. The van der Waals surface area contributed by atoms with Crippen LogP contribution < -0.4 is 0 Å². The number of hydrogen-bond acceptors (Lipinski definition) is 2. The lowest BCUT2D eigenvalue weighted by Gasteiger charge is -2.03. The van der Waals surface area contributed by atoms with E-state index >= 15 is 0 Å². The quantitative estimate of drug-likeness (QED) is 0.600. The minimum Gasteiger partial charge on any atom is -0.223 e. The Labute approximate surface area is 81.6 Å². The van der Waals surface area contributed by atoms with E-state index in [0.717, 1.165) is 16.6 Å². The number of nitrogens with zero attached hydrogens (tertiary/aromatic N) is 2. The van der Waals surface area contributed by atoms with Gasteiger partial charge < -0.3 is 0 Å². The van der Waals surface area contributed by atoms with Gasteiger partial charge in [0.2, 0.25) is 5.28 Å². The van der Waals surface area contributed by atoms with Crippen LogP contribution in [0.15, 0.2) is 18.2 Å². The predicted octanol–water partition coefficient (Wildman–Crippen LogP) is 2.90. The maximum Gasteiger partial charge on any atom is 0.223 e. The molecule has 0 saturated heterocycles. The van der Waals surface area contributed by atoms with E-state index in [2.05, 4.69) is 9.97 Å². The molecule has 0 aliphatic carbocycles. The monoisotopic (exact) mass is 192 g/mol. The molecule has 1 heterocycles. The maximum atomic E-state index is 5.75. The summed E-state index contributed by atoms with van der Waals surface area (Å²) in [6.45, 7) is 4.00. The van der Waals surface area contributed by atoms with Crippen LogP contribution in [0, 0.1) is 13.8 Å². The van der Waals surface area contributed by atoms with Gasteiger partial charge in [-0.1, -0.05) is 12.1 Å². The number of aryl methyl sites for hydroxylation is 2. The Balaban J connectivity index is 2.94. The van der Waals surface area contributed by atoms with Gasteiger partial charge in [0.1, 0.15) is 0 Å². The van der Waals surface area contributed by atoms with Gasteiger partial charge in [0, 0.05) is 5.39 Å². The molecule has 3 heteroatoms. The molecule has 2 nitrogen and oxygen atoms in total. The molecule has 0 atom stereocenters. The molecule has 0 spiro atoms. The fourth-order valence-electron chi connectivity index (χ4n) is 1.53. The summed E-state index contributed by atoms with van der Waals surface area (Å²) < 4.78 is 0. The smallest absolute Gasteiger partial charge is 0.223 e. The summed E-state index contributed by atoms with van der Waals surface area (Å²) in [7, 11) is 0. The van der Waals surface area contributed by atoms with E-state index in [1.54, 1.807) is 0 Å². The molecule has 0 N–H and O–H groups in total. The Morgan fingerprint density at radius 1 is 1.15 bits per heavy atom. The van der Waals surface area contributed by atoms with Crippen molar-refractivity contribution < 1.29 is 0 Å². The molecule has 1 aromatic carbocycles. The minimum absolute atomic E-state index is 0.315. The van der Waals surface area contributed by atoms with Crippen molar-refractivity contribution in [1.29, 1.82) is 0 Å². The molecular weight excluding hydrogens is 184 g/mol. The van der Waals surface area contributed by atoms with Crippen LogP contribution >= 0.6 is 11.6 Å². The van der Waals surface area contributed by atoms with E-state index < -0.39 is 0 Å². The molecule has 1 aromatic heterocycles. The van der Waals surface area contributed by atoms with Crippen molar-refractivity contribution in [1.82, 2.24) is 9.97 Å². The van der Waals surface area contributed by atoms with Gasteiger partial charge in [0.15, 0.2) is 0 Å². The highest BCUT2D eigenvalue weighted by Crippen LogP contribution is 2.20. The van der Waals surface area contributed by atoms with E-state index in [-0.39, 0.29) is 0 Å². The first-order valence-electron chi connectivity index (χ1n) is 4.08. The number of aromatic nitrogens is 2. The zero-order valence-electron chi connectivity index (χ0n) is 7.50. The van der Waals surface area contributed by atoms with Crippen LogP contribution in [0.25, 0.3) is 10.9 Å². The first kappa shape index (κ1) is 8.45. The van der Waals surface area contributed by atoms with E-state index in [1.807, 2.05) is 32.0 Å². The Hall–Kier alpha value is -1.15.